The molecule has 0 aliphatic carbocycles. The Labute approximate surface area is 102 Å². The molecule has 5 nitrogen and oxygen atoms in total. The number of carboxylic acids is 1. The number of carbonyl (C=O) groups excluding carboxylic acids is 1. The van der Waals surface area contributed by atoms with E-state index in [9.17, 15) is 9.59 Å². The summed E-state index contributed by atoms with van der Waals surface area (Å²) >= 11 is 0. The molecule has 2 N–H and O–H groups in total. The summed E-state index contributed by atoms with van der Waals surface area (Å²) in [5, 5.41) is 11.8. The van der Waals surface area contributed by atoms with E-state index in [4.69, 9.17) is 5.11 Å². The van der Waals surface area contributed by atoms with Crippen molar-refractivity contribution < 1.29 is 14.7 Å². The van der Waals surface area contributed by atoms with Gasteiger partial charge < -0.3 is 15.3 Å². The Morgan fingerprint density at radius 1 is 1.53 bits per heavy atom. The monoisotopic (exact) mass is 242 g/mol. The second-order valence-corrected chi connectivity index (χ2v) is 4.76. The quantitative estimate of drug-likeness (QED) is 0.788. The summed E-state index contributed by atoms with van der Waals surface area (Å²) in [5.41, 5.74) is 0. The summed E-state index contributed by atoms with van der Waals surface area (Å²) < 4.78 is 0. The Kier molecular flexibility index (Phi) is 5.25. The van der Waals surface area contributed by atoms with Crippen molar-refractivity contribution in [2.45, 2.75) is 45.6 Å². The SMILES string of the molecule is CCCC(C)NC(=O)N1CCC[C@@H](C(=O)O)C1. The summed E-state index contributed by atoms with van der Waals surface area (Å²) in [4.78, 5) is 24.4. The van der Waals surface area contributed by atoms with E-state index < -0.39 is 11.9 Å². The van der Waals surface area contributed by atoms with Crippen LogP contribution in [0.5, 0.6) is 0 Å². The van der Waals surface area contributed by atoms with Gasteiger partial charge in [0.05, 0.1) is 5.92 Å². The van der Waals surface area contributed by atoms with Crippen LogP contribution in [0.3, 0.4) is 0 Å². The van der Waals surface area contributed by atoms with Gasteiger partial charge in [-0.25, -0.2) is 4.79 Å². The Morgan fingerprint density at radius 2 is 2.24 bits per heavy atom. The standard InChI is InChI=1S/C12H22N2O3/c1-3-5-9(2)13-12(17)14-7-4-6-10(8-14)11(15)16/h9-10H,3-8H2,1-2H3,(H,13,17)(H,15,16)/t9?,10-/m1/s1. The Balaban J connectivity index is 2.43. The summed E-state index contributed by atoms with van der Waals surface area (Å²) in [7, 11) is 0. The van der Waals surface area contributed by atoms with Crippen LogP contribution in [0, 0.1) is 5.92 Å². The molecule has 17 heavy (non-hydrogen) atoms. The van der Waals surface area contributed by atoms with Gasteiger partial charge in [0, 0.05) is 19.1 Å². The minimum atomic E-state index is -0.802. The first kappa shape index (κ1) is 13.8. The number of rotatable bonds is 4. The van der Waals surface area contributed by atoms with Gasteiger partial charge in [0.2, 0.25) is 0 Å². The van der Waals surface area contributed by atoms with Crippen molar-refractivity contribution in [2.24, 2.45) is 5.92 Å². The van der Waals surface area contributed by atoms with E-state index in [-0.39, 0.29) is 12.1 Å². The summed E-state index contributed by atoms with van der Waals surface area (Å²) in [6.45, 7) is 5.04. The van der Waals surface area contributed by atoms with Gasteiger partial charge in [-0.2, -0.15) is 0 Å². The van der Waals surface area contributed by atoms with E-state index >= 15 is 0 Å². The van der Waals surface area contributed by atoms with Gasteiger partial charge in [0.15, 0.2) is 0 Å². The van der Waals surface area contributed by atoms with E-state index in [1.807, 2.05) is 6.92 Å². The molecule has 0 aromatic heterocycles. The van der Waals surface area contributed by atoms with Crippen molar-refractivity contribution >= 4 is 12.0 Å². The third kappa shape index (κ3) is 4.24. The molecule has 1 heterocycles. The fraction of sp³-hybridized carbons (Fsp3) is 0.833. The normalized spacial score (nSPS) is 22.0. The molecular weight excluding hydrogens is 220 g/mol. The number of likely N-dealkylation sites (tertiary alicyclic amines) is 1. The van der Waals surface area contributed by atoms with Crippen LogP contribution in [-0.2, 0) is 4.79 Å². The number of aliphatic carboxylic acids is 1. The van der Waals surface area contributed by atoms with Crippen molar-refractivity contribution in [1.82, 2.24) is 10.2 Å². The fourth-order valence-corrected chi connectivity index (χ4v) is 2.17. The number of piperidine rings is 1. The van der Waals surface area contributed by atoms with Crippen LogP contribution in [0.15, 0.2) is 0 Å². The molecule has 0 saturated carbocycles. The number of carboxylic acid groups (broad SMARTS) is 1. The molecule has 5 heteroatoms. The largest absolute Gasteiger partial charge is 0.481 e. The molecule has 1 saturated heterocycles. The van der Waals surface area contributed by atoms with Crippen LogP contribution in [0.2, 0.25) is 0 Å². The van der Waals surface area contributed by atoms with E-state index in [1.54, 1.807) is 4.90 Å². The molecule has 2 amide bonds. The number of nitrogens with one attached hydrogen (secondary N) is 1. The summed E-state index contributed by atoms with van der Waals surface area (Å²) in [6, 6.07) is 0.0228. The van der Waals surface area contributed by atoms with Gasteiger partial charge in [0.25, 0.3) is 0 Å². The van der Waals surface area contributed by atoms with Crippen molar-refractivity contribution in [3.05, 3.63) is 0 Å². The number of amides is 2. The molecule has 1 aliphatic heterocycles. The second-order valence-electron chi connectivity index (χ2n) is 4.76. The van der Waals surface area contributed by atoms with Crippen molar-refractivity contribution in [3.63, 3.8) is 0 Å². The Bertz CT molecular complexity index is 281. The molecule has 1 rings (SSSR count). The first-order valence-electron chi connectivity index (χ1n) is 6.32. The zero-order chi connectivity index (χ0) is 12.8. The molecular formula is C12H22N2O3. The maximum atomic E-state index is 11.9. The average Bonchev–Trinajstić information content (AvgIpc) is 2.29. The van der Waals surface area contributed by atoms with E-state index in [2.05, 4.69) is 12.2 Å². The number of carbonyl (C=O) groups is 2. The lowest BCUT2D eigenvalue weighted by molar-refractivity contribution is -0.143. The highest BCUT2D eigenvalue weighted by atomic mass is 16.4. The molecule has 1 fully saturated rings. The van der Waals surface area contributed by atoms with Crippen LogP contribution >= 0.6 is 0 Å². The minimum Gasteiger partial charge on any atom is -0.481 e. The van der Waals surface area contributed by atoms with E-state index in [0.29, 0.717) is 19.5 Å². The number of urea groups is 1. The molecule has 0 aromatic carbocycles. The first-order valence-corrected chi connectivity index (χ1v) is 6.32. The number of nitrogens with zero attached hydrogens (tertiary/aromatic N) is 1. The molecule has 0 aromatic rings. The van der Waals surface area contributed by atoms with E-state index in [0.717, 1.165) is 19.3 Å². The summed E-state index contributed by atoms with van der Waals surface area (Å²) in [6.07, 6.45) is 3.41. The van der Waals surface area contributed by atoms with Gasteiger partial charge in [-0.15, -0.1) is 0 Å². The van der Waals surface area contributed by atoms with Crippen molar-refractivity contribution in [2.75, 3.05) is 13.1 Å². The lowest BCUT2D eigenvalue weighted by Gasteiger charge is -2.31. The smallest absolute Gasteiger partial charge is 0.317 e. The van der Waals surface area contributed by atoms with Gasteiger partial charge in [0.1, 0.15) is 0 Å². The van der Waals surface area contributed by atoms with Gasteiger partial charge in [-0.05, 0) is 26.2 Å². The summed E-state index contributed by atoms with van der Waals surface area (Å²) in [5.74, 6) is -1.21. The molecule has 0 radical (unpaired) electrons. The molecule has 1 aliphatic rings. The third-order valence-electron chi connectivity index (χ3n) is 3.15. The molecule has 0 bridgehead atoms. The van der Waals surface area contributed by atoms with Crippen LogP contribution in [0.4, 0.5) is 4.79 Å². The lowest BCUT2D eigenvalue weighted by Crippen LogP contribution is -2.49. The number of hydrogen-bond donors (Lipinski definition) is 2. The van der Waals surface area contributed by atoms with Gasteiger partial charge in [-0.1, -0.05) is 13.3 Å². The van der Waals surface area contributed by atoms with E-state index in [1.165, 1.54) is 0 Å². The minimum absolute atomic E-state index is 0.128. The van der Waals surface area contributed by atoms with Gasteiger partial charge in [-0.3, -0.25) is 4.79 Å². The maximum Gasteiger partial charge on any atom is 0.317 e. The lowest BCUT2D eigenvalue weighted by atomic mass is 9.99. The Morgan fingerprint density at radius 3 is 2.82 bits per heavy atom. The van der Waals surface area contributed by atoms with Crippen molar-refractivity contribution in [1.29, 1.82) is 0 Å². The molecule has 1 unspecified atom stereocenters. The highest BCUT2D eigenvalue weighted by molar-refractivity contribution is 5.76. The predicted octanol–water partition coefficient (Wildman–Crippen LogP) is 1.68. The average molecular weight is 242 g/mol. The fourth-order valence-electron chi connectivity index (χ4n) is 2.17. The molecule has 98 valence electrons. The third-order valence-corrected chi connectivity index (χ3v) is 3.15. The van der Waals surface area contributed by atoms with Crippen LogP contribution < -0.4 is 5.32 Å². The van der Waals surface area contributed by atoms with Crippen LogP contribution in [-0.4, -0.2) is 41.1 Å². The van der Waals surface area contributed by atoms with Crippen LogP contribution in [0.25, 0.3) is 0 Å². The highest BCUT2D eigenvalue weighted by Gasteiger charge is 2.28. The Hall–Kier alpha value is -1.26. The first-order chi connectivity index (χ1) is 8.04. The van der Waals surface area contributed by atoms with Crippen LogP contribution in [0.1, 0.15) is 39.5 Å². The maximum absolute atomic E-state index is 11.9. The second kappa shape index (κ2) is 6.47. The van der Waals surface area contributed by atoms with Gasteiger partial charge >= 0.3 is 12.0 Å². The topological polar surface area (TPSA) is 69.6 Å². The van der Waals surface area contributed by atoms with Crippen molar-refractivity contribution in [3.8, 4) is 0 Å². The number of hydrogen-bond acceptors (Lipinski definition) is 2. The zero-order valence-electron chi connectivity index (χ0n) is 10.6. The highest BCUT2D eigenvalue weighted by Crippen LogP contribution is 2.16. The molecule has 2 atom stereocenters. The molecule has 0 spiro atoms. The zero-order valence-corrected chi connectivity index (χ0v) is 10.6. The predicted molar refractivity (Wildman–Crippen MR) is 64.8 cm³/mol.